The van der Waals surface area contributed by atoms with Crippen molar-refractivity contribution in [3.63, 3.8) is 0 Å². The van der Waals surface area contributed by atoms with Gasteiger partial charge in [-0.2, -0.15) is 10.2 Å². The molecule has 0 aliphatic heterocycles. The van der Waals surface area contributed by atoms with Crippen LogP contribution in [-0.2, 0) is 33.5 Å². The zero-order valence-electron chi connectivity index (χ0n) is 50.7. The average Bonchev–Trinajstić information content (AvgIpc) is 1.33. The number of halogens is 3. The molecule has 10 aliphatic rings. The minimum absolute atomic E-state index is 0. The lowest BCUT2D eigenvalue weighted by Crippen LogP contribution is -2.64. The quantitative estimate of drug-likeness (QED) is 0.0804. The van der Waals surface area contributed by atoms with Gasteiger partial charge in [-0.15, -0.1) is 12.4 Å². The van der Waals surface area contributed by atoms with Crippen LogP contribution in [0.3, 0.4) is 0 Å². The maximum Gasteiger partial charge on any atom is 0.336 e. The van der Waals surface area contributed by atoms with Gasteiger partial charge in [-0.1, -0.05) is 99.5 Å². The maximum atomic E-state index is 14.0. The molecule has 0 spiro atoms. The SMILES string of the molecule is C[C@]12Cc3cnn(-c4ccc(F)cc4)c3C=C1CCC1C2[C@@H](O)C[C@@]2(C)C1CC[C@]2(O)C(=O)NC1(c2ccccc2)CC1.C[C@]12Cc3cnn(-c4ccc(F)cc4)c3C=C1CCC1C2[C@@H](O)C[C@@]2(C)C1CC[C@]2(O)C(=O)O.Cl.NC1(c2ccccc2)CC1. The molecule has 16 heteroatoms. The summed E-state index contributed by atoms with van der Waals surface area (Å²) in [7, 11) is 0. The standard InChI is InChI=1S/C36H40FN3O3.C27H31FN2O4.C9H11N.ClH/c1-33-19-22-21-38-40(26-11-9-25(37)10-12-26)29(22)18-24(33)8-13-27-28-14-15-36(43,34(28,2)20-30(41)31(27)33)32(42)39-35(16-17-35)23-6-4-3-5-7-23;1-25-12-15-14-29-30(18-6-4-17(28)5-7-18)21(15)11-16(25)3-8-19-20-9-10-27(34,24(32)33)26(20,2)13-22(31)23(19)25;10-9(6-7-9)8-4-2-1-3-5-8;/h3-7,9-12,18,21,27-28,30-31,41,43H,8,13-17,19-20H2,1-2H3,(H,39,42);4-7,11,14,19-20,22-23,31,34H,3,8-10,12-13H2,1-2H3,(H,32,33);1-5H,6-7,10H2;1H/t27?,28?,30-,31?,33-,34-,36-;19?,20?,22-,23?,25-,26-,27-;;/m00../s1. The Labute approximate surface area is 520 Å². The van der Waals surface area contributed by atoms with Gasteiger partial charge < -0.3 is 36.6 Å². The molecule has 10 aliphatic carbocycles. The minimum atomic E-state index is -1.78. The fourth-order valence-electron chi connectivity index (χ4n) is 19.6. The number of rotatable bonds is 7. The van der Waals surface area contributed by atoms with E-state index >= 15 is 0 Å². The molecule has 8 fully saturated rings. The monoisotopic (exact) mass is 1220 g/mol. The Balaban J connectivity index is 0.000000141. The fraction of sp³-hybridized carbons (Fsp3) is 0.500. The van der Waals surface area contributed by atoms with Gasteiger partial charge in [0.25, 0.3) is 5.91 Å². The van der Waals surface area contributed by atoms with Gasteiger partial charge in [0, 0.05) is 16.4 Å². The Hall–Kier alpha value is -6.33. The third-order valence-electron chi connectivity index (χ3n) is 24.6. The molecule has 16 rings (SSSR count). The van der Waals surface area contributed by atoms with E-state index in [0.717, 1.165) is 110 Å². The number of nitrogens with zero attached hydrogens (tertiary/aromatic N) is 4. The van der Waals surface area contributed by atoms with Crippen molar-refractivity contribution < 1.29 is 43.9 Å². The minimum Gasteiger partial charge on any atom is -0.479 e. The van der Waals surface area contributed by atoms with E-state index in [0.29, 0.717) is 25.7 Å². The summed E-state index contributed by atoms with van der Waals surface area (Å²) in [6, 6.07) is 33.1. The number of fused-ring (bicyclic) bond motifs is 12. The predicted molar refractivity (Wildman–Crippen MR) is 334 cm³/mol. The van der Waals surface area contributed by atoms with Crippen molar-refractivity contribution in [1.82, 2.24) is 24.9 Å². The number of carboxylic acids is 1. The Bertz CT molecular complexity index is 3740. The number of allylic oxidation sites excluding steroid dienone is 2. The number of aliphatic hydroxyl groups excluding tert-OH is 2. The predicted octanol–water partition coefficient (Wildman–Crippen LogP) is 11.7. The molecule has 0 bridgehead atoms. The summed E-state index contributed by atoms with van der Waals surface area (Å²) in [4.78, 5) is 26.1. The molecular weight excluding hydrogens is 1130 g/mol. The first kappa shape index (κ1) is 60.6. The lowest BCUT2D eigenvalue weighted by Gasteiger charge is -2.60. The molecule has 4 aromatic carbocycles. The Morgan fingerprint density at radius 2 is 1.00 bits per heavy atom. The lowest BCUT2D eigenvalue weighted by atomic mass is 9.45. The lowest BCUT2D eigenvalue weighted by molar-refractivity contribution is -0.193. The second-order valence-electron chi connectivity index (χ2n) is 29.0. The molecule has 2 aromatic heterocycles. The molecule has 0 radical (unpaired) electrons. The molecule has 14 atom stereocenters. The third-order valence-corrected chi connectivity index (χ3v) is 24.6. The van der Waals surface area contributed by atoms with Gasteiger partial charge in [0.15, 0.2) is 5.60 Å². The van der Waals surface area contributed by atoms with Crippen molar-refractivity contribution in [2.75, 3.05) is 0 Å². The van der Waals surface area contributed by atoms with E-state index in [2.05, 4.69) is 72.7 Å². The van der Waals surface area contributed by atoms with Crippen LogP contribution in [0.4, 0.5) is 8.78 Å². The molecule has 13 nitrogen and oxygen atoms in total. The van der Waals surface area contributed by atoms with Crippen molar-refractivity contribution in [1.29, 1.82) is 0 Å². The fourth-order valence-corrected chi connectivity index (χ4v) is 19.6. The summed E-state index contributed by atoms with van der Waals surface area (Å²) in [5.74, 6) is -1.34. The summed E-state index contributed by atoms with van der Waals surface area (Å²) < 4.78 is 30.8. The van der Waals surface area contributed by atoms with Crippen LogP contribution in [0.2, 0.25) is 0 Å². The number of carboxylic acid groups (broad SMARTS) is 1. The molecule has 6 unspecified atom stereocenters. The first-order chi connectivity index (χ1) is 41.5. The zero-order chi connectivity index (χ0) is 60.8. The summed E-state index contributed by atoms with van der Waals surface area (Å²) in [5, 5.41) is 69.3. The first-order valence-electron chi connectivity index (χ1n) is 31.8. The van der Waals surface area contributed by atoms with E-state index in [9.17, 15) is 43.9 Å². The largest absolute Gasteiger partial charge is 0.479 e. The van der Waals surface area contributed by atoms with Crippen LogP contribution in [0.15, 0.2) is 133 Å². The maximum absolute atomic E-state index is 14.0. The van der Waals surface area contributed by atoms with Crippen LogP contribution in [-0.4, -0.2) is 80.4 Å². The Morgan fingerprint density at radius 1 is 0.580 bits per heavy atom. The van der Waals surface area contributed by atoms with Crippen molar-refractivity contribution in [2.24, 2.45) is 62.9 Å². The summed E-state index contributed by atoms with van der Waals surface area (Å²) in [6.45, 7) is 8.46. The van der Waals surface area contributed by atoms with Crippen molar-refractivity contribution in [2.45, 2.75) is 165 Å². The molecule has 6 aromatic rings. The van der Waals surface area contributed by atoms with Gasteiger partial charge in [-0.3, -0.25) is 4.79 Å². The summed E-state index contributed by atoms with van der Waals surface area (Å²) in [5.41, 5.74) is 11.2. The number of carbonyl (C=O) groups excluding carboxylic acids is 1. The van der Waals surface area contributed by atoms with Crippen LogP contribution < -0.4 is 11.1 Å². The van der Waals surface area contributed by atoms with Crippen LogP contribution in [0.25, 0.3) is 23.5 Å². The average molecular weight is 1220 g/mol. The zero-order valence-corrected chi connectivity index (χ0v) is 51.5. The number of aliphatic hydroxyl groups is 4. The molecule has 464 valence electrons. The first-order valence-corrected chi connectivity index (χ1v) is 31.8. The molecule has 8 N–H and O–H groups in total. The highest BCUT2D eigenvalue weighted by molar-refractivity contribution is 5.88. The van der Waals surface area contributed by atoms with Gasteiger partial charge >= 0.3 is 5.97 Å². The Morgan fingerprint density at radius 3 is 1.42 bits per heavy atom. The number of benzene rings is 4. The number of aromatic nitrogens is 4. The molecule has 2 heterocycles. The Kier molecular flexibility index (Phi) is 14.7. The second-order valence-corrected chi connectivity index (χ2v) is 29.0. The normalized spacial score (nSPS) is 36.0. The van der Waals surface area contributed by atoms with E-state index in [1.165, 1.54) is 41.0 Å². The summed E-state index contributed by atoms with van der Waals surface area (Å²) >= 11 is 0. The van der Waals surface area contributed by atoms with E-state index < -0.39 is 45.7 Å². The molecular formula is C72H83ClF2N6O7. The topological polar surface area (TPSA) is 209 Å². The highest BCUT2D eigenvalue weighted by Crippen LogP contribution is 2.70. The number of nitrogens with one attached hydrogen (secondary N) is 1. The number of nitrogens with two attached hydrogens (primary N) is 1. The van der Waals surface area contributed by atoms with Gasteiger partial charge in [0.05, 0.1) is 52.9 Å². The second kappa shape index (κ2) is 21.4. The highest BCUT2D eigenvalue weighted by atomic mass is 35.5. The number of aliphatic carboxylic acids is 1. The van der Waals surface area contributed by atoms with Crippen LogP contribution in [0, 0.1) is 68.8 Å². The van der Waals surface area contributed by atoms with Crippen molar-refractivity contribution >= 4 is 36.4 Å². The van der Waals surface area contributed by atoms with Gasteiger partial charge in [0.1, 0.15) is 17.2 Å². The number of hydrogen-bond donors (Lipinski definition) is 7. The van der Waals surface area contributed by atoms with Crippen molar-refractivity contribution in [3.8, 4) is 11.4 Å². The van der Waals surface area contributed by atoms with Crippen LogP contribution >= 0.6 is 12.4 Å². The number of carbonyl (C=O) groups is 2. The van der Waals surface area contributed by atoms with Crippen LogP contribution in [0.5, 0.6) is 0 Å². The highest BCUT2D eigenvalue weighted by Gasteiger charge is 2.71. The van der Waals surface area contributed by atoms with Gasteiger partial charge in [-0.25, -0.2) is 22.9 Å². The van der Waals surface area contributed by atoms with Gasteiger partial charge in [0.2, 0.25) is 0 Å². The van der Waals surface area contributed by atoms with Crippen molar-refractivity contribution in [3.05, 3.63) is 178 Å². The molecule has 0 saturated heterocycles. The molecule has 8 saturated carbocycles. The number of amides is 1. The van der Waals surface area contributed by atoms with Crippen LogP contribution in [0.1, 0.15) is 151 Å². The molecule has 88 heavy (non-hydrogen) atoms. The molecule has 1 amide bonds. The smallest absolute Gasteiger partial charge is 0.336 e. The van der Waals surface area contributed by atoms with Gasteiger partial charge in [-0.05, 0) is 232 Å². The third kappa shape index (κ3) is 9.27. The van der Waals surface area contributed by atoms with E-state index in [4.69, 9.17) is 5.73 Å². The van der Waals surface area contributed by atoms with E-state index in [1.807, 2.05) is 65.1 Å². The number of hydrogen-bond acceptors (Lipinski definition) is 9. The van der Waals surface area contributed by atoms with E-state index in [1.54, 1.807) is 24.3 Å². The van der Waals surface area contributed by atoms with E-state index in [-0.39, 0.29) is 88.2 Å². The summed E-state index contributed by atoms with van der Waals surface area (Å²) in [6.07, 6.45) is 18.9.